The van der Waals surface area contributed by atoms with E-state index in [-0.39, 0.29) is 16.5 Å². The van der Waals surface area contributed by atoms with E-state index in [1.807, 2.05) is 16.3 Å². The number of piperidine rings is 1. The average molecular weight is 391 g/mol. The number of hydrogen-bond donors (Lipinski definition) is 2. The maximum Gasteiger partial charge on any atom is 0.290 e. The van der Waals surface area contributed by atoms with Crippen LogP contribution in [-0.2, 0) is 10.0 Å². The van der Waals surface area contributed by atoms with Gasteiger partial charge >= 0.3 is 0 Å². The highest BCUT2D eigenvalue weighted by Gasteiger charge is 2.27. The van der Waals surface area contributed by atoms with Crippen molar-refractivity contribution in [3.05, 3.63) is 46.5 Å². The third kappa shape index (κ3) is 3.35. The summed E-state index contributed by atoms with van der Waals surface area (Å²) in [5.74, 6) is 0.318. The second-order valence-corrected chi connectivity index (χ2v) is 8.79. The SMILES string of the molecule is O=c1[nH]ccnc1N1CCCC(NS(=O)(=O)c2cnc3ccsc3c2)C1. The summed E-state index contributed by atoms with van der Waals surface area (Å²) in [7, 11) is -3.68. The minimum absolute atomic E-state index is 0.153. The molecule has 26 heavy (non-hydrogen) atoms. The normalized spacial score (nSPS) is 18.3. The summed E-state index contributed by atoms with van der Waals surface area (Å²) in [5.41, 5.74) is 0.510. The van der Waals surface area contributed by atoms with E-state index in [1.165, 1.54) is 29.9 Å². The van der Waals surface area contributed by atoms with Crippen LogP contribution in [0.2, 0.25) is 0 Å². The van der Waals surface area contributed by atoms with Gasteiger partial charge in [0.25, 0.3) is 5.56 Å². The minimum atomic E-state index is -3.68. The lowest BCUT2D eigenvalue weighted by molar-refractivity contribution is 0.463. The van der Waals surface area contributed by atoms with Gasteiger partial charge in [-0.1, -0.05) is 0 Å². The summed E-state index contributed by atoms with van der Waals surface area (Å²) in [6.45, 7) is 1.06. The molecule has 1 aliphatic heterocycles. The second kappa shape index (κ2) is 6.78. The highest BCUT2D eigenvalue weighted by molar-refractivity contribution is 7.89. The fourth-order valence-electron chi connectivity index (χ4n) is 3.10. The fraction of sp³-hybridized carbons (Fsp3) is 0.312. The summed E-state index contributed by atoms with van der Waals surface area (Å²) in [6.07, 6.45) is 5.85. The molecule has 3 aromatic heterocycles. The molecule has 2 N–H and O–H groups in total. The summed E-state index contributed by atoms with van der Waals surface area (Å²) in [6, 6.07) is 3.20. The van der Waals surface area contributed by atoms with Crippen molar-refractivity contribution < 1.29 is 8.42 Å². The number of nitrogens with one attached hydrogen (secondary N) is 2. The molecule has 4 heterocycles. The fourth-order valence-corrected chi connectivity index (χ4v) is 5.18. The van der Waals surface area contributed by atoms with Gasteiger partial charge in [0.05, 0.1) is 10.2 Å². The molecule has 1 unspecified atom stereocenters. The van der Waals surface area contributed by atoms with Gasteiger partial charge in [-0.05, 0) is 30.4 Å². The Morgan fingerprint density at radius 1 is 1.35 bits per heavy atom. The number of nitrogens with zero attached hydrogens (tertiary/aromatic N) is 3. The van der Waals surface area contributed by atoms with Crippen molar-refractivity contribution in [3.63, 3.8) is 0 Å². The molecule has 0 aromatic carbocycles. The van der Waals surface area contributed by atoms with E-state index in [9.17, 15) is 13.2 Å². The Balaban J connectivity index is 1.54. The zero-order valence-electron chi connectivity index (χ0n) is 13.8. The van der Waals surface area contributed by atoms with Crippen LogP contribution in [0.1, 0.15) is 12.8 Å². The molecule has 0 radical (unpaired) electrons. The minimum Gasteiger partial charge on any atom is -0.350 e. The van der Waals surface area contributed by atoms with Gasteiger partial charge in [-0.25, -0.2) is 18.1 Å². The molecule has 0 amide bonds. The van der Waals surface area contributed by atoms with Gasteiger partial charge in [-0.2, -0.15) is 0 Å². The first kappa shape index (κ1) is 17.1. The van der Waals surface area contributed by atoms with Crippen LogP contribution in [-0.4, -0.2) is 42.5 Å². The predicted molar refractivity (Wildman–Crippen MR) is 100 cm³/mol. The third-order valence-corrected chi connectivity index (χ3v) is 6.66. The smallest absolute Gasteiger partial charge is 0.290 e. The third-order valence-electron chi connectivity index (χ3n) is 4.32. The molecular formula is C16H17N5O3S2. The van der Waals surface area contributed by atoms with Gasteiger partial charge in [-0.3, -0.25) is 9.78 Å². The van der Waals surface area contributed by atoms with E-state index < -0.39 is 10.0 Å². The van der Waals surface area contributed by atoms with Gasteiger partial charge in [0.1, 0.15) is 4.90 Å². The number of rotatable bonds is 4. The van der Waals surface area contributed by atoms with Crippen LogP contribution in [0.25, 0.3) is 10.2 Å². The lowest BCUT2D eigenvalue weighted by Gasteiger charge is -2.33. The van der Waals surface area contributed by atoms with Crippen molar-refractivity contribution in [2.75, 3.05) is 18.0 Å². The number of thiophene rings is 1. The summed E-state index contributed by atoms with van der Waals surface area (Å²) >= 11 is 1.45. The molecule has 1 atom stereocenters. The lowest BCUT2D eigenvalue weighted by atomic mass is 10.1. The summed E-state index contributed by atoms with van der Waals surface area (Å²) in [5, 5.41) is 1.88. The maximum absolute atomic E-state index is 12.7. The molecule has 1 fully saturated rings. The van der Waals surface area contributed by atoms with E-state index in [0.29, 0.717) is 25.3 Å². The van der Waals surface area contributed by atoms with E-state index in [0.717, 1.165) is 16.6 Å². The van der Waals surface area contributed by atoms with Crippen LogP contribution in [0.3, 0.4) is 0 Å². The van der Waals surface area contributed by atoms with E-state index >= 15 is 0 Å². The monoisotopic (exact) mass is 391 g/mol. The molecule has 0 spiro atoms. The standard InChI is InChI=1S/C16H17N5O3S2/c22-16-15(17-4-5-18-16)21-6-1-2-11(10-21)20-26(23,24)12-8-14-13(19-9-12)3-7-25-14/h3-5,7-9,11,20H,1-2,6,10H2,(H,18,22). The Bertz CT molecular complexity index is 1090. The first-order chi connectivity index (χ1) is 12.5. The van der Waals surface area contributed by atoms with Gasteiger partial charge in [0.15, 0.2) is 5.82 Å². The zero-order chi connectivity index (χ0) is 18.1. The molecule has 1 saturated heterocycles. The molecule has 136 valence electrons. The molecule has 1 aliphatic rings. The van der Waals surface area contributed by atoms with Gasteiger partial charge in [0.2, 0.25) is 10.0 Å². The molecule has 0 aliphatic carbocycles. The first-order valence-electron chi connectivity index (χ1n) is 8.17. The van der Waals surface area contributed by atoms with Gasteiger partial charge in [0, 0.05) is 37.7 Å². The second-order valence-electron chi connectivity index (χ2n) is 6.12. The topological polar surface area (TPSA) is 108 Å². The molecule has 3 aromatic rings. The van der Waals surface area contributed by atoms with E-state index in [1.54, 1.807) is 6.07 Å². The number of H-pyrrole nitrogens is 1. The number of hydrogen-bond acceptors (Lipinski definition) is 7. The first-order valence-corrected chi connectivity index (χ1v) is 10.5. The van der Waals surface area contributed by atoms with Crippen molar-refractivity contribution in [3.8, 4) is 0 Å². The van der Waals surface area contributed by atoms with Gasteiger partial charge in [-0.15, -0.1) is 11.3 Å². The summed E-state index contributed by atoms with van der Waals surface area (Å²) < 4.78 is 29.0. The molecular weight excluding hydrogens is 374 g/mol. The van der Waals surface area contributed by atoms with Crippen molar-refractivity contribution in [2.24, 2.45) is 0 Å². The number of anilines is 1. The van der Waals surface area contributed by atoms with Crippen LogP contribution < -0.4 is 15.2 Å². The Morgan fingerprint density at radius 2 is 2.23 bits per heavy atom. The average Bonchev–Trinajstić information content (AvgIpc) is 3.10. The van der Waals surface area contributed by atoms with Crippen molar-refractivity contribution in [2.45, 2.75) is 23.8 Å². The van der Waals surface area contributed by atoms with Crippen LogP contribution >= 0.6 is 11.3 Å². The lowest BCUT2D eigenvalue weighted by Crippen LogP contribution is -2.49. The Kier molecular flexibility index (Phi) is 4.47. The Hall–Kier alpha value is -2.30. The van der Waals surface area contributed by atoms with Gasteiger partial charge < -0.3 is 9.88 Å². The van der Waals surface area contributed by atoms with Crippen LogP contribution in [0, 0.1) is 0 Å². The zero-order valence-corrected chi connectivity index (χ0v) is 15.4. The Morgan fingerprint density at radius 3 is 3.08 bits per heavy atom. The number of sulfonamides is 1. The largest absolute Gasteiger partial charge is 0.350 e. The molecule has 0 bridgehead atoms. The van der Waals surface area contributed by atoms with Crippen molar-refractivity contribution in [1.29, 1.82) is 0 Å². The van der Waals surface area contributed by atoms with Crippen LogP contribution in [0.5, 0.6) is 0 Å². The maximum atomic E-state index is 12.7. The molecule has 4 rings (SSSR count). The highest BCUT2D eigenvalue weighted by Crippen LogP contribution is 2.22. The van der Waals surface area contributed by atoms with E-state index in [4.69, 9.17) is 0 Å². The Labute approximate surface area is 154 Å². The van der Waals surface area contributed by atoms with E-state index in [2.05, 4.69) is 19.7 Å². The van der Waals surface area contributed by atoms with Crippen LogP contribution in [0.15, 0.2) is 45.8 Å². The molecule has 8 nitrogen and oxygen atoms in total. The molecule has 10 heteroatoms. The molecule has 0 saturated carbocycles. The quantitative estimate of drug-likeness (QED) is 0.695. The number of aromatic nitrogens is 3. The summed E-state index contributed by atoms with van der Waals surface area (Å²) in [4.78, 5) is 24.8. The van der Waals surface area contributed by atoms with Crippen molar-refractivity contribution >= 4 is 37.4 Å². The highest BCUT2D eigenvalue weighted by atomic mass is 32.2. The van der Waals surface area contributed by atoms with Crippen LogP contribution in [0.4, 0.5) is 5.82 Å². The predicted octanol–water partition coefficient (Wildman–Crippen LogP) is 1.33. The number of pyridine rings is 1. The number of aromatic amines is 1. The number of fused-ring (bicyclic) bond motifs is 1. The van der Waals surface area contributed by atoms with Crippen molar-refractivity contribution in [1.82, 2.24) is 19.7 Å².